The van der Waals surface area contributed by atoms with E-state index in [0.717, 1.165) is 9.80 Å². The maximum atomic E-state index is 11.9. The standard InChI is InChI=1S/C14H18N2O4/c1-8-10(14(20)16(3)12(8)18)6-4-5-9-7-11(17)15(2)13(9)19/h4-5,8-10H,6-7H2,1-3H3/b5-4+/t8-,9?,10?/m0/s1. The molecule has 2 aliphatic rings. The fourth-order valence-corrected chi connectivity index (χ4v) is 2.68. The average Bonchev–Trinajstić information content (AvgIpc) is 2.76. The monoisotopic (exact) mass is 278 g/mol. The normalized spacial score (nSPS) is 31.2. The summed E-state index contributed by atoms with van der Waals surface area (Å²) < 4.78 is 0. The molecule has 2 fully saturated rings. The van der Waals surface area contributed by atoms with Crippen molar-refractivity contribution in [2.45, 2.75) is 19.8 Å². The molecule has 0 aliphatic carbocycles. The van der Waals surface area contributed by atoms with E-state index in [1.54, 1.807) is 19.1 Å². The zero-order valence-electron chi connectivity index (χ0n) is 11.8. The van der Waals surface area contributed by atoms with Crippen molar-refractivity contribution in [2.24, 2.45) is 17.8 Å². The molecule has 0 aromatic rings. The van der Waals surface area contributed by atoms with Crippen molar-refractivity contribution in [3.63, 3.8) is 0 Å². The Morgan fingerprint density at radius 3 is 2.15 bits per heavy atom. The number of hydrogen-bond acceptors (Lipinski definition) is 4. The van der Waals surface area contributed by atoms with Crippen LogP contribution in [0.3, 0.4) is 0 Å². The van der Waals surface area contributed by atoms with Crippen LogP contribution in [0.4, 0.5) is 0 Å². The predicted octanol–water partition coefficient (Wildman–Crippen LogP) is 0.188. The first-order valence-electron chi connectivity index (χ1n) is 6.63. The largest absolute Gasteiger partial charge is 0.285 e. The number of allylic oxidation sites excluding steroid dienone is 1. The second kappa shape index (κ2) is 5.19. The van der Waals surface area contributed by atoms with Crippen LogP contribution in [0, 0.1) is 17.8 Å². The van der Waals surface area contributed by atoms with Crippen LogP contribution in [0.15, 0.2) is 12.2 Å². The lowest BCUT2D eigenvalue weighted by Gasteiger charge is -2.08. The Morgan fingerprint density at radius 2 is 1.70 bits per heavy atom. The van der Waals surface area contributed by atoms with E-state index < -0.39 is 5.92 Å². The number of carbonyl (C=O) groups is 4. The van der Waals surface area contributed by atoms with Crippen LogP contribution >= 0.6 is 0 Å². The summed E-state index contributed by atoms with van der Waals surface area (Å²) >= 11 is 0. The van der Waals surface area contributed by atoms with Crippen LogP contribution in [-0.4, -0.2) is 47.5 Å². The highest BCUT2D eigenvalue weighted by Crippen LogP contribution is 2.28. The van der Waals surface area contributed by atoms with Gasteiger partial charge in [0.1, 0.15) is 0 Å². The molecular weight excluding hydrogens is 260 g/mol. The Labute approximate surface area is 117 Å². The third kappa shape index (κ3) is 2.26. The van der Waals surface area contributed by atoms with Gasteiger partial charge in [-0.15, -0.1) is 0 Å². The van der Waals surface area contributed by atoms with Gasteiger partial charge in [0.2, 0.25) is 23.6 Å². The molecule has 0 N–H and O–H groups in total. The Kier molecular flexibility index (Phi) is 3.74. The third-order valence-electron chi connectivity index (χ3n) is 4.15. The second-order valence-electron chi connectivity index (χ2n) is 5.40. The van der Waals surface area contributed by atoms with Gasteiger partial charge in [0.25, 0.3) is 0 Å². The number of hydrogen-bond donors (Lipinski definition) is 0. The zero-order valence-corrected chi connectivity index (χ0v) is 11.8. The van der Waals surface area contributed by atoms with E-state index in [2.05, 4.69) is 0 Å². The van der Waals surface area contributed by atoms with Gasteiger partial charge in [0.05, 0.1) is 11.8 Å². The second-order valence-corrected chi connectivity index (χ2v) is 5.40. The van der Waals surface area contributed by atoms with Crippen LogP contribution in [0.25, 0.3) is 0 Å². The zero-order chi connectivity index (χ0) is 15.0. The summed E-state index contributed by atoms with van der Waals surface area (Å²) in [6.07, 6.45) is 4.00. The fourth-order valence-electron chi connectivity index (χ4n) is 2.68. The Bertz CT molecular complexity index is 511. The van der Waals surface area contributed by atoms with Crippen LogP contribution in [0.5, 0.6) is 0 Å². The van der Waals surface area contributed by atoms with Gasteiger partial charge in [0, 0.05) is 26.4 Å². The number of imide groups is 2. The molecule has 4 amide bonds. The number of rotatable bonds is 3. The van der Waals surface area contributed by atoms with Crippen molar-refractivity contribution < 1.29 is 19.2 Å². The molecule has 2 rings (SSSR count). The van der Waals surface area contributed by atoms with Crippen molar-refractivity contribution in [3.8, 4) is 0 Å². The van der Waals surface area contributed by atoms with E-state index >= 15 is 0 Å². The van der Waals surface area contributed by atoms with E-state index in [0.29, 0.717) is 6.42 Å². The van der Waals surface area contributed by atoms with E-state index in [-0.39, 0.29) is 41.9 Å². The molecule has 6 nitrogen and oxygen atoms in total. The van der Waals surface area contributed by atoms with E-state index in [1.165, 1.54) is 14.1 Å². The van der Waals surface area contributed by atoms with Crippen LogP contribution in [0.2, 0.25) is 0 Å². The maximum Gasteiger partial charge on any atom is 0.236 e. The van der Waals surface area contributed by atoms with Crippen LogP contribution in [-0.2, 0) is 19.2 Å². The quantitative estimate of drug-likeness (QED) is 0.545. The molecular formula is C14H18N2O4. The lowest BCUT2D eigenvalue weighted by molar-refractivity contribution is -0.139. The first-order valence-corrected chi connectivity index (χ1v) is 6.63. The van der Waals surface area contributed by atoms with Gasteiger partial charge >= 0.3 is 0 Å². The first kappa shape index (κ1) is 14.4. The summed E-state index contributed by atoms with van der Waals surface area (Å²) in [6.45, 7) is 1.74. The number of likely N-dealkylation sites (tertiary alicyclic amines) is 2. The molecule has 0 aromatic heterocycles. The maximum absolute atomic E-state index is 11.9. The smallest absolute Gasteiger partial charge is 0.236 e. The molecule has 108 valence electrons. The Hall–Kier alpha value is -1.98. The predicted molar refractivity (Wildman–Crippen MR) is 70.1 cm³/mol. The molecule has 20 heavy (non-hydrogen) atoms. The van der Waals surface area contributed by atoms with Gasteiger partial charge in [-0.1, -0.05) is 19.1 Å². The molecule has 0 bridgehead atoms. The van der Waals surface area contributed by atoms with Gasteiger partial charge < -0.3 is 0 Å². The van der Waals surface area contributed by atoms with Crippen molar-refractivity contribution in [1.82, 2.24) is 9.80 Å². The molecule has 3 atom stereocenters. The fraction of sp³-hybridized carbons (Fsp3) is 0.571. The van der Waals surface area contributed by atoms with Crippen molar-refractivity contribution in [1.29, 1.82) is 0 Å². The minimum absolute atomic E-state index is 0.166. The highest BCUT2D eigenvalue weighted by molar-refractivity contribution is 6.05. The summed E-state index contributed by atoms with van der Waals surface area (Å²) in [5.41, 5.74) is 0. The van der Waals surface area contributed by atoms with E-state index in [4.69, 9.17) is 0 Å². The molecule has 2 aliphatic heterocycles. The molecule has 0 aromatic carbocycles. The van der Waals surface area contributed by atoms with Gasteiger partial charge in [-0.3, -0.25) is 29.0 Å². The minimum atomic E-state index is -0.437. The number of carbonyl (C=O) groups excluding carboxylic acids is 4. The Balaban J connectivity index is 1.98. The summed E-state index contributed by atoms with van der Waals surface area (Å²) in [5, 5.41) is 0. The lowest BCUT2D eigenvalue weighted by Crippen LogP contribution is -2.26. The summed E-state index contributed by atoms with van der Waals surface area (Å²) in [7, 11) is 2.95. The number of nitrogens with zero attached hydrogens (tertiary/aromatic N) is 2. The van der Waals surface area contributed by atoms with Gasteiger partial charge in [-0.05, 0) is 6.42 Å². The SMILES string of the molecule is C[C@@H]1C(=O)N(C)C(=O)C1C/C=C/C1CC(=O)N(C)C1=O. The molecule has 0 radical (unpaired) electrons. The molecule has 0 spiro atoms. The summed E-state index contributed by atoms with van der Waals surface area (Å²) in [6, 6.07) is 0. The highest BCUT2D eigenvalue weighted by atomic mass is 16.2. The van der Waals surface area contributed by atoms with Gasteiger partial charge in [0.15, 0.2) is 0 Å². The number of amides is 4. The van der Waals surface area contributed by atoms with Crippen LogP contribution in [0.1, 0.15) is 19.8 Å². The molecule has 2 saturated heterocycles. The summed E-state index contributed by atoms with van der Waals surface area (Å²) in [5.74, 6) is -1.89. The Morgan fingerprint density at radius 1 is 1.05 bits per heavy atom. The van der Waals surface area contributed by atoms with Crippen LogP contribution < -0.4 is 0 Å². The molecule has 6 heteroatoms. The third-order valence-corrected chi connectivity index (χ3v) is 4.15. The first-order chi connectivity index (χ1) is 9.34. The lowest BCUT2D eigenvalue weighted by atomic mass is 9.93. The van der Waals surface area contributed by atoms with E-state index in [1.807, 2.05) is 0 Å². The molecule has 2 unspecified atom stereocenters. The van der Waals surface area contributed by atoms with Gasteiger partial charge in [-0.25, -0.2) is 0 Å². The van der Waals surface area contributed by atoms with Gasteiger partial charge in [-0.2, -0.15) is 0 Å². The van der Waals surface area contributed by atoms with Crippen molar-refractivity contribution in [2.75, 3.05) is 14.1 Å². The highest BCUT2D eigenvalue weighted by Gasteiger charge is 2.42. The van der Waals surface area contributed by atoms with Crippen molar-refractivity contribution >= 4 is 23.6 Å². The topological polar surface area (TPSA) is 74.8 Å². The molecule has 0 saturated carbocycles. The minimum Gasteiger partial charge on any atom is -0.285 e. The molecule has 2 heterocycles. The van der Waals surface area contributed by atoms with Crippen molar-refractivity contribution in [3.05, 3.63) is 12.2 Å². The summed E-state index contributed by atoms with van der Waals surface area (Å²) in [4.78, 5) is 48.9. The van der Waals surface area contributed by atoms with E-state index in [9.17, 15) is 19.2 Å². The average molecular weight is 278 g/mol.